The van der Waals surface area contributed by atoms with Crippen molar-refractivity contribution >= 4 is 17.5 Å². The quantitative estimate of drug-likeness (QED) is 0.889. The van der Waals surface area contributed by atoms with Gasteiger partial charge in [-0.1, -0.05) is 20.8 Å². The number of carbonyl (C=O) groups excluding carboxylic acids is 1. The van der Waals surface area contributed by atoms with Gasteiger partial charge in [0.15, 0.2) is 0 Å². The molecule has 0 saturated heterocycles. The van der Waals surface area contributed by atoms with E-state index in [0.717, 1.165) is 5.69 Å². The first-order valence-corrected chi connectivity index (χ1v) is 6.64. The number of anilines is 2. The van der Waals surface area contributed by atoms with E-state index in [2.05, 4.69) is 36.5 Å². The molecule has 5 nitrogen and oxygen atoms in total. The summed E-state index contributed by atoms with van der Waals surface area (Å²) < 4.78 is 14.4. The highest BCUT2D eigenvalue weighted by molar-refractivity contribution is 5.99. The van der Waals surface area contributed by atoms with Crippen molar-refractivity contribution in [2.75, 3.05) is 10.6 Å². The second kappa shape index (κ2) is 5.55. The van der Waals surface area contributed by atoms with Crippen molar-refractivity contribution in [2.24, 2.45) is 7.05 Å². The number of rotatable bonds is 2. The molecule has 1 aromatic carbocycles. The van der Waals surface area contributed by atoms with Gasteiger partial charge in [0.25, 0.3) is 0 Å². The van der Waals surface area contributed by atoms with Gasteiger partial charge >= 0.3 is 6.03 Å². The predicted molar refractivity (Wildman–Crippen MR) is 80.9 cm³/mol. The smallest absolute Gasteiger partial charge is 0.308 e. The fourth-order valence-corrected chi connectivity index (χ4v) is 1.76. The van der Waals surface area contributed by atoms with Crippen LogP contribution in [-0.2, 0) is 12.5 Å². The Bertz CT molecular complexity index is 641. The van der Waals surface area contributed by atoms with Gasteiger partial charge in [-0.05, 0) is 24.3 Å². The molecule has 0 bridgehead atoms. The summed E-state index contributed by atoms with van der Waals surface area (Å²) in [5, 5.41) is 9.74. The maximum Gasteiger partial charge on any atom is 0.324 e. The van der Waals surface area contributed by atoms with E-state index in [1.165, 1.54) is 24.3 Å². The Morgan fingerprint density at radius 3 is 2.33 bits per heavy atom. The number of nitrogens with one attached hydrogen (secondary N) is 2. The summed E-state index contributed by atoms with van der Waals surface area (Å²) in [5.74, 6) is 0.252. The normalized spacial score (nSPS) is 11.3. The number of nitrogens with zero attached hydrogens (tertiary/aromatic N) is 2. The molecule has 0 radical (unpaired) electrons. The van der Waals surface area contributed by atoms with Crippen LogP contribution in [0.25, 0.3) is 0 Å². The van der Waals surface area contributed by atoms with Gasteiger partial charge in [-0.25, -0.2) is 9.18 Å². The van der Waals surface area contributed by atoms with Crippen LogP contribution in [0.1, 0.15) is 26.5 Å². The van der Waals surface area contributed by atoms with E-state index in [1.807, 2.05) is 6.07 Å². The highest BCUT2D eigenvalue weighted by Crippen LogP contribution is 2.23. The molecule has 0 fully saturated rings. The maximum absolute atomic E-state index is 12.8. The topological polar surface area (TPSA) is 59.0 Å². The zero-order valence-electron chi connectivity index (χ0n) is 12.6. The SMILES string of the molecule is Cn1nc(C(C)(C)C)cc1NC(=O)Nc1ccc(F)cc1. The number of hydrogen-bond acceptors (Lipinski definition) is 2. The molecule has 2 amide bonds. The van der Waals surface area contributed by atoms with Crippen LogP contribution in [0.4, 0.5) is 20.7 Å². The minimum Gasteiger partial charge on any atom is -0.308 e. The lowest BCUT2D eigenvalue weighted by Gasteiger charge is -2.13. The van der Waals surface area contributed by atoms with Gasteiger partial charge in [-0.15, -0.1) is 0 Å². The molecule has 0 unspecified atom stereocenters. The van der Waals surface area contributed by atoms with Crippen molar-refractivity contribution < 1.29 is 9.18 Å². The fraction of sp³-hybridized carbons (Fsp3) is 0.333. The maximum atomic E-state index is 12.8. The molecule has 0 aliphatic heterocycles. The van der Waals surface area contributed by atoms with Gasteiger partial charge in [-0.3, -0.25) is 10.00 Å². The minimum absolute atomic E-state index is 0.0921. The standard InChI is InChI=1S/C15H19FN4O/c1-15(2,3)12-9-13(20(4)19-12)18-14(21)17-11-7-5-10(16)6-8-11/h5-9H,1-4H3,(H2,17,18,21). The van der Waals surface area contributed by atoms with Crippen LogP contribution in [0.5, 0.6) is 0 Å². The largest absolute Gasteiger partial charge is 0.324 e. The van der Waals surface area contributed by atoms with E-state index in [4.69, 9.17) is 0 Å². The lowest BCUT2D eigenvalue weighted by Crippen LogP contribution is -2.20. The number of hydrogen-bond donors (Lipinski definition) is 2. The van der Waals surface area contributed by atoms with E-state index in [1.54, 1.807) is 11.7 Å². The molecule has 21 heavy (non-hydrogen) atoms. The summed E-state index contributed by atoms with van der Waals surface area (Å²) in [4.78, 5) is 11.9. The summed E-state index contributed by atoms with van der Waals surface area (Å²) in [6.07, 6.45) is 0. The molecule has 2 aromatic rings. The van der Waals surface area contributed by atoms with Crippen LogP contribution in [0, 0.1) is 5.82 Å². The molecule has 0 aliphatic rings. The van der Waals surface area contributed by atoms with Crippen molar-refractivity contribution in [3.63, 3.8) is 0 Å². The van der Waals surface area contributed by atoms with Gasteiger partial charge in [0.2, 0.25) is 0 Å². The number of aromatic nitrogens is 2. The number of aryl methyl sites for hydroxylation is 1. The van der Waals surface area contributed by atoms with Crippen molar-refractivity contribution in [2.45, 2.75) is 26.2 Å². The first-order valence-electron chi connectivity index (χ1n) is 6.64. The van der Waals surface area contributed by atoms with E-state index in [9.17, 15) is 9.18 Å². The van der Waals surface area contributed by atoms with E-state index < -0.39 is 6.03 Å². The van der Waals surface area contributed by atoms with Crippen LogP contribution in [0.15, 0.2) is 30.3 Å². The second-order valence-corrected chi connectivity index (χ2v) is 5.87. The molecular formula is C15H19FN4O. The third-order valence-corrected chi connectivity index (χ3v) is 2.99. The van der Waals surface area contributed by atoms with Gasteiger partial charge in [0.1, 0.15) is 11.6 Å². The predicted octanol–water partition coefficient (Wildman–Crippen LogP) is 3.50. The minimum atomic E-state index is -0.398. The monoisotopic (exact) mass is 290 g/mol. The van der Waals surface area contributed by atoms with E-state index >= 15 is 0 Å². The van der Waals surface area contributed by atoms with Crippen LogP contribution in [0.3, 0.4) is 0 Å². The Labute approximate surface area is 123 Å². The molecule has 0 saturated carbocycles. The average molecular weight is 290 g/mol. The van der Waals surface area contributed by atoms with Crippen molar-refractivity contribution in [3.8, 4) is 0 Å². The van der Waals surface area contributed by atoms with Crippen LogP contribution in [-0.4, -0.2) is 15.8 Å². The summed E-state index contributed by atoms with van der Waals surface area (Å²) in [6.45, 7) is 6.16. The summed E-state index contributed by atoms with van der Waals surface area (Å²) in [6, 6.07) is 7.02. The molecule has 112 valence electrons. The Morgan fingerprint density at radius 2 is 1.81 bits per heavy atom. The summed E-state index contributed by atoms with van der Waals surface area (Å²) in [5.41, 5.74) is 1.32. The highest BCUT2D eigenvalue weighted by atomic mass is 19.1. The lowest BCUT2D eigenvalue weighted by molar-refractivity contribution is 0.262. The number of benzene rings is 1. The number of amides is 2. The van der Waals surface area contributed by atoms with Crippen LogP contribution < -0.4 is 10.6 Å². The third-order valence-electron chi connectivity index (χ3n) is 2.99. The number of urea groups is 1. The van der Waals surface area contributed by atoms with Gasteiger partial charge in [-0.2, -0.15) is 5.10 Å². The first kappa shape index (κ1) is 15.0. The third kappa shape index (κ3) is 3.81. The van der Waals surface area contributed by atoms with Crippen molar-refractivity contribution in [1.29, 1.82) is 0 Å². The number of carbonyl (C=O) groups is 1. The lowest BCUT2D eigenvalue weighted by atomic mass is 9.92. The average Bonchev–Trinajstić information content (AvgIpc) is 2.74. The fourth-order valence-electron chi connectivity index (χ4n) is 1.76. The van der Waals surface area contributed by atoms with E-state index in [-0.39, 0.29) is 11.2 Å². The molecule has 2 rings (SSSR count). The van der Waals surface area contributed by atoms with Crippen LogP contribution >= 0.6 is 0 Å². The Kier molecular flexibility index (Phi) is 3.97. The molecule has 2 N–H and O–H groups in total. The summed E-state index contributed by atoms with van der Waals surface area (Å²) >= 11 is 0. The number of halogens is 1. The van der Waals surface area contributed by atoms with Crippen molar-refractivity contribution in [3.05, 3.63) is 41.8 Å². The van der Waals surface area contributed by atoms with Gasteiger partial charge in [0, 0.05) is 24.2 Å². The second-order valence-electron chi connectivity index (χ2n) is 5.87. The Hall–Kier alpha value is -2.37. The molecular weight excluding hydrogens is 271 g/mol. The van der Waals surface area contributed by atoms with E-state index in [0.29, 0.717) is 11.5 Å². The molecule has 1 aromatic heterocycles. The first-order chi connectivity index (χ1) is 9.75. The molecule has 1 heterocycles. The molecule has 6 heteroatoms. The van der Waals surface area contributed by atoms with Crippen molar-refractivity contribution in [1.82, 2.24) is 9.78 Å². The highest BCUT2D eigenvalue weighted by Gasteiger charge is 2.19. The molecule has 0 atom stereocenters. The summed E-state index contributed by atoms with van der Waals surface area (Å²) in [7, 11) is 1.77. The Morgan fingerprint density at radius 1 is 1.19 bits per heavy atom. The molecule has 0 aliphatic carbocycles. The molecule has 0 spiro atoms. The van der Waals surface area contributed by atoms with Gasteiger partial charge < -0.3 is 5.32 Å². The van der Waals surface area contributed by atoms with Gasteiger partial charge in [0.05, 0.1) is 5.69 Å². The zero-order chi connectivity index (χ0) is 15.6. The zero-order valence-corrected chi connectivity index (χ0v) is 12.6. The Balaban J connectivity index is 2.06. The van der Waals surface area contributed by atoms with Crippen LogP contribution in [0.2, 0.25) is 0 Å².